The Balaban J connectivity index is 1.74. The van der Waals surface area contributed by atoms with Gasteiger partial charge in [-0.25, -0.2) is 15.0 Å². The Morgan fingerprint density at radius 3 is 2.83 bits per heavy atom. The van der Waals surface area contributed by atoms with Gasteiger partial charge < -0.3 is 4.98 Å². The Bertz CT molecular complexity index is 660. The van der Waals surface area contributed by atoms with E-state index in [0.717, 1.165) is 22.1 Å². The number of aromatic nitrogens is 4. The third kappa shape index (κ3) is 2.36. The van der Waals surface area contributed by atoms with Crippen LogP contribution in [0.3, 0.4) is 0 Å². The molecule has 0 bridgehead atoms. The van der Waals surface area contributed by atoms with Crippen LogP contribution in [0.1, 0.15) is 11.1 Å². The molecular weight excluding hydrogens is 244 g/mol. The van der Waals surface area contributed by atoms with Gasteiger partial charge in [0, 0.05) is 5.75 Å². The van der Waals surface area contributed by atoms with Crippen LogP contribution in [-0.4, -0.2) is 19.9 Å². The molecule has 18 heavy (non-hydrogen) atoms. The summed E-state index contributed by atoms with van der Waals surface area (Å²) < 4.78 is 0. The summed E-state index contributed by atoms with van der Waals surface area (Å²) in [6.07, 6.45) is 3.40. The average molecular weight is 256 g/mol. The Hall–Kier alpha value is -1.88. The molecule has 0 radical (unpaired) electrons. The molecule has 0 aliphatic rings. The second kappa shape index (κ2) is 4.78. The molecule has 90 valence electrons. The number of rotatable bonds is 3. The Morgan fingerprint density at radius 1 is 1.17 bits per heavy atom. The van der Waals surface area contributed by atoms with E-state index in [1.807, 2.05) is 0 Å². The predicted octanol–water partition coefficient (Wildman–Crippen LogP) is 2.95. The minimum absolute atomic E-state index is 0.719. The molecular formula is C13H12N4S. The second-order valence-corrected chi connectivity index (χ2v) is 5.01. The predicted molar refractivity (Wildman–Crippen MR) is 72.4 cm³/mol. The van der Waals surface area contributed by atoms with E-state index < -0.39 is 0 Å². The number of hydrogen-bond donors (Lipinski definition) is 1. The first-order chi connectivity index (χ1) is 8.81. The van der Waals surface area contributed by atoms with Gasteiger partial charge in [-0.15, -0.1) is 0 Å². The van der Waals surface area contributed by atoms with E-state index in [2.05, 4.69) is 51.1 Å². The lowest BCUT2D eigenvalue weighted by Gasteiger charge is -2.01. The summed E-state index contributed by atoms with van der Waals surface area (Å²) in [4.78, 5) is 15.8. The Kier molecular flexibility index (Phi) is 2.98. The monoisotopic (exact) mass is 256 g/mol. The number of hydrogen-bond acceptors (Lipinski definition) is 4. The molecule has 3 aromatic rings. The van der Waals surface area contributed by atoms with Crippen LogP contribution in [0.25, 0.3) is 11.2 Å². The van der Waals surface area contributed by atoms with Gasteiger partial charge in [0.15, 0.2) is 10.8 Å². The zero-order chi connectivity index (χ0) is 12.4. The molecule has 1 N–H and O–H groups in total. The van der Waals surface area contributed by atoms with Crippen LogP contribution in [0.5, 0.6) is 0 Å². The molecule has 2 aromatic heterocycles. The van der Waals surface area contributed by atoms with Crippen LogP contribution in [-0.2, 0) is 5.75 Å². The molecule has 3 rings (SSSR count). The third-order valence-corrected chi connectivity index (χ3v) is 3.57. The fourth-order valence-corrected chi connectivity index (χ4v) is 2.39. The highest BCUT2D eigenvalue weighted by atomic mass is 32.2. The molecule has 0 atom stereocenters. The zero-order valence-electron chi connectivity index (χ0n) is 9.92. The Morgan fingerprint density at radius 2 is 2.00 bits per heavy atom. The van der Waals surface area contributed by atoms with Crippen molar-refractivity contribution in [1.29, 1.82) is 0 Å². The maximum Gasteiger partial charge on any atom is 0.190 e. The normalized spacial score (nSPS) is 10.9. The number of nitrogens with one attached hydrogen (secondary N) is 1. The number of H-pyrrole nitrogens is 1. The van der Waals surface area contributed by atoms with Gasteiger partial charge in [-0.05, 0) is 12.5 Å². The van der Waals surface area contributed by atoms with E-state index in [1.165, 1.54) is 11.1 Å². The number of fused-ring (bicyclic) bond motifs is 1. The number of nitrogens with zero attached hydrogens (tertiary/aromatic N) is 3. The number of benzene rings is 1. The van der Waals surface area contributed by atoms with Crippen molar-refractivity contribution >= 4 is 22.9 Å². The molecule has 1 aromatic carbocycles. The number of thioether (sulfide) groups is 1. The lowest BCUT2D eigenvalue weighted by Crippen LogP contribution is -1.88. The molecule has 0 spiro atoms. The molecule has 0 unspecified atom stereocenters. The molecule has 5 heteroatoms. The second-order valence-electron chi connectivity index (χ2n) is 4.07. The van der Waals surface area contributed by atoms with E-state index in [9.17, 15) is 0 Å². The van der Waals surface area contributed by atoms with Crippen LogP contribution in [0.2, 0.25) is 0 Å². The Labute approximate surface area is 109 Å². The van der Waals surface area contributed by atoms with Gasteiger partial charge in [0.1, 0.15) is 5.52 Å². The van der Waals surface area contributed by atoms with Gasteiger partial charge >= 0.3 is 0 Å². The molecule has 2 heterocycles. The summed E-state index contributed by atoms with van der Waals surface area (Å²) in [7, 11) is 0. The highest BCUT2D eigenvalue weighted by Crippen LogP contribution is 2.20. The van der Waals surface area contributed by atoms with Crippen molar-refractivity contribution in [1.82, 2.24) is 19.9 Å². The van der Waals surface area contributed by atoms with Gasteiger partial charge in [-0.1, -0.05) is 41.6 Å². The third-order valence-electron chi connectivity index (χ3n) is 2.64. The van der Waals surface area contributed by atoms with Crippen molar-refractivity contribution in [2.75, 3.05) is 0 Å². The van der Waals surface area contributed by atoms with Crippen LogP contribution in [0.4, 0.5) is 0 Å². The van der Waals surface area contributed by atoms with Gasteiger partial charge in [0.2, 0.25) is 0 Å². The first-order valence-electron chi connectivity index (χ1n) is 5.66. The van der Waals surface area contributed by atoms with E-state index in [-0.39, 0.29) is 0 Å². The maximum absolute atomic E-state index is 4.38. The quantitative estimate of drug-likeness (QED) is 0.578. The van der Waals surface area contributed by atoms with Crippen molar-refractivity contribution in [3.63, 3.8) is 0 Å². The highest BCUT2D eigenvalue weighted by molar-refractivity contribution is 7.98. The first-order valence-corrected chi connectivity index (χ1v) is 6.64. The van der Waals surface area contributed by atoms with E-state index >= 15 is 0 Å². The number of aromatic amines is 1. The molecule has 0 amide bonds. The fraction of sp³-hybridized carbons (Fsp3) is 0.154. The smallest absolute Gasteiger partial charge is 0.190 e. The van der Waals surface area contributed by atoms with Crippen molar-refractivity contribution in [3.8, 4) is 0 Å². The summed E-state index contributed by atoms with van der Waals surface area (Å²) in [6, 6.07) is 8.51. The fourth-order valence-electron chi connectivity index (χ4n) is 1.62. The van der Waals surface area contributed by atoms with Crippen LogP contribution >= 0.6 is 11.8 Å². The molecule has 0 saturated heterocycles. The topological polar surface area (TPSA) is 54.5 Å². The average Bonchev–Trinajstić information content (AvgIpc) is 2.85. The largest absolute Gasteiger partial charge is 0.342 e. The van der Waals surface area contributed by atoms with E-state index in [4.69, 9.17) is 0 Å². The summed E-state index contributed by atoms with van der Waals surface area (Å²) in [5, 5.41) is 0.759. The highest BCUT2D eigenvalue weighted by Gasteiger charge is 2.03. The molecule has 4 nitrogen and oxygen atoms in total. The van der Waals surface area contributed by atoms with Crippen molar-refractivity contribution in [3.05, 3.63) is 47.9 Å². The lowest BCUT2D eigenvalue weighted by molar-refractivity contribution is 0.992. The summed E-state index contributed by atoms with van der Waals surface area (Å²) in [5.41, 5.74) is 4.14. The SMILES string of the molecule is Cc1ccc(CSc2ncc3[nH]cnc3n2)cc1. The van der Waals surface area contributed by atoms with Crippen molar-refractivity contribution < 1.29 is 0 Å². The molecule has 0 fully saturated rings. The van der Waals surface area contributed by atoms with Gasteiger partial charge in [-0.3, -0.25) is 0 Å². The summed E-state index contributed by atoms with van der Waals surface area (Å²) in [5.74, 6) is 0.871. The molecule has 0 aliphatic carbocycles. The van der Waals surface area contributed by atoms with Crippen LogP contribution in [0.15, 0.2) is 41.9 Å². The van der Waals surface area contributed by atoms with E-state index in [1.54, 1.807) is 24.3 Å². The van der Waals surface area contributed by atoms with Crippen LogP contribution in [0, 0.1) is 6.92 Å². The van der Waals surface area contributed by atoms with Gasteiger partial charge in [0.05, 0.1) is 12.5 Å². The standard InChI is InChI=1S/C13H12N4S/c1-9-2-4-10(5-3-9)7-18-13-14-6-11-12(17-13)16-8-15-11/h2-6,8H,7H2,1H3,(H,14,15,16,17). The van der Waals surface area contributed by atoms with Gasteiger partial charge in [-0.2, -0.15) is 0 Å². The van der Waals surface area contributed by atoms with E-state index in [0.29, 0.717) is 0 Å². The van der Waals surface area contributed by atoms with Crippen molar-refractivity contribution in [2.45, 2.75) is 17.8 Å². The zero-order valence-corrected chi connectivity index (χ0v) is 10.7. The minimum Gasteiger partial charge on any atom is -0.342 e. The maximum atomic E-state index is 4.38. The number of aryl methyl sites for hydroxylation is 1. The first kappa shape index (κ1) is 11.2. The molecule has 0 aliphatic heterocycles. The van der Waals surface area contributed by atoms with Crippen LogP contribution < -0.4 is 0 Å². The summed E-state index contributed by atoms with van der Waals surface area (Å²) in [6.45, 7) is 2.09. The van der Waals surface area contributed by atoms with Crippen molar-refractivity contribution in [2.24, 2.45) is 0 Å². The van der Waals surface area contributed by atoms with Gasteiger partial charge in [0.25, 0.3) is 0 Å². The summed E-state index contributed by atoms with van der Waals surface area (Å²) >= 11 is 1.62. The lowest BCUT2D eigenvalue weighted by atomic mass is 10.2. The molecule has 0 saturated carbocycles. The number of imidazole rings is 1. The minimum atomic E-state index is 0.719.